The molecule has 1 aromatic rings. The first-order chi connectivity index (χ1) is 8.55. The molecule has 1 N–H and O–H groups in total. The molecule has 0 bridgehead atoms. The third kappa shape index (κ3) is 3.96. The standard InChI is InChI=1S/C12H10BrF3N2O/c1-11(2,13)10(19)18-9-4-3-8(12(14,15)16)5-7(9)6-17/h3-5H,1-2H3,(H,18,19). The van der Waals surface area contributed by atoms with Crippen molar-refractivity contribution in [1.29, 1.82) is 5.26 Å². The molecule has 0 atom stereocenters. The zero-order valence-electron chi connectivity index (χ0n) is 10.1. The summed E-state index contributed by atoms with van der Waals surface area (Å²) in [4.78, 5) is 11.7. The molecule has 0 aliphatic rings. The molecule has 1 amide bonds. The lowest BCUT2D eigenvalue weighted by Gasteiger charge is -2.17. The lowest BCUT2D eigenvalue weighted by atomic mass is 10.1. The van der Waals surface area contributed by atoms with Crippen LogP contribution in [0.1, 0.15) is 25.0 Å². The van der Waals surface area contributed by atoms with Crippen molar-refractivity contribution in [3.05, 3.63) is 29.3 Å². The van der Waals surface area contributed by atoms with Gasteiger partial charge in [-0.25, -0.2) is 0 Å². The molecule has 102 valence electrons. The summed E-state index contributed by atoms with van der Waals surface area (Å²) in [6.07, 6.45) is -4.52. The number of nitrogens with zero attached hydrogens (tertiary/aromatic N) is 1. The molecular weight excluding hydrogens is 325 g/mol. The summed E-state index contributed by atoms with van der Waals surface area (Å²) in [6, 6.07) is 4.22. The van der Waals surface area contributed by atoms with Crippen molar-refractivity contribution in [3.63, 3.8) is 0 Å². The fraction of sp³-hybridized carbons (Fsp3) is 0.333. The van der Waals surface area contributed by atoms with E-state index in [1.54, 1.807) is 19.9 Å². The minimum atomic E-state index is -4.52. The van der Waals surface area contributed by atoms with Crippen LogP contribution in [0.3, 0.4) is 0 Å². The SMILES string of the molecule is CC(C)(Br)C(=O)Nc1ccc(C(F)(F)F)cc1C#N. The quantitative estimate of drug-likeness (QED) is 0.838. The topological polar surface area (TPSA) is 52.9 Å². The third-order valence-corrected chi connectivity index (χ3v) is 2.62. The van der Waals surface area contributed by atoms with E-state index in [1.165, 1.54) is 0 Å². The zero-order valence-corrected chi connectivity index (χ0v) is 11.7. The number of rotatable bonds is 2. The molecule has 0 unspecified atom stereocenters. The lowest BCUT2D eigenvalue weighted by molar-refractivity contribution is -0.137. The van der Waals surface area contributed by atoms with Gasteiger partial charge in [0.2, 0.25) is 5.91 Å². The smallest absolute Gasteiger partial charge is 0.324 e. The van der Waals surface area contributed by atoms with Gasteiger partial charge in [-0.2, -0.15) is 18.4 Å². The first-order valence-corrected chi connectivity index (χ1v) is 5.96. The molecular formula is C12H10BrF3N2O. The first kappa shape index (κ1) is 15.5. The Balaban J connectivity index is 3.12. The number of carbonyl (C=O) groups excluding carboxylic acids is 1. The van der Waals surface area contributed by atoms with E-state index in [0.29, 0.717) is 6.07 Å². The van der Waals surface area contributed by atoms with Crippen LogP contribution in [-0.2, 0) is 11.0 Å². The molecule has 1 aromatic carbocycles. The molecule has 0 aliphatic heterocycles. The number of halogens is 4. The second-order valence-corrected chi connectivity index (χ2v) is 6.28. The summed E-state index contributed by atoms with van der Waals surface area (Å²) in [5, 5.41) is 11.2. The fourth-order valence-electron chi connectivity index (χ4n) is 1.19. The summed E-state index contributed by atoms with van der Waals surface area (Å²) >= 11 is 3.12. The van der Waals surface area contributed by atoms with Crippen molar-refractivity contribution in [2.75, 3.05) is 5.32 Å². The Morgan fingerprint density at radius 1 is 1.37 bits per heavy atom. The van der Waals surface area contributed by atoms with E-state index < -0.39 is 22.0 Å². The van der Waals surface area contributed by atoms with Gasteiger partial charge in [-0.1, -0.05) is 15.9 Å². The Labute approximate surface area is 116 Å². The van der Waals surface area contributed by atoms with E-state index in [9.17, 15) is 18.0 Å². The van der Waals surface area contributed by atoms with Gasteiger partial charge in [0.1, 0.15) is 6.07 Å². The average Bonchev–Trinajstić information content (AvgIpc) is 2.26. The Kier molecular flexibility index (Phi) is 4.25. The number of benzene rings is 1. The van der Waals surface area contributed by atoms with E-state index in [0.717, 1.165) is 12.1 Å². The third-order valence-electron chi connectivity index (χ3n) is 2.26. The van der Waals surface area contributed by atoms with E-state index >= 15 is 0 Å². The Morgan fingerprint density at radius 2 is 1.95 bits per heavy atom. The van der Waals surface area contributed by atoms with Gasteiger partial charge in [0.05, 0.1) is 21.1 Å². The molecule has 19 heavy (non-hydrogen) atoms. The van der Waals surface area contributed by atoms with Gasteiger partial charge in [0.15, 0.2) is 0 Å². The summed E-state index contributed by atoms with van der Waals surface area (Å²) in [6.45, 7) is 3.16. The van der Waals surface area contributed by atoms with Crippen LogP contribution in [0.25, 0.3) is 0 Å². The molecule has 0 saturated carbocycles. The van der Waals surface area contributed by atoms with E-state index in [2.05, 4.69) is 21.2 Å². The van der Waals surface area contributed by atoms with Crippen LogP contribution in [0.2, 0.25) is 0 Å². The van der Waals surface area contributed by atoms with Gasteiger partial charge in [-0.3, -0.25) is 4.79 Å². The largest absolute Gasteiger partial charge is 0.416 e. The molecule has 0 aromatic heterocycles. The minimum Gasteiger partial charge on any atom is -0.324 e. The number of nitriles is 1. The number of nitrogens with one attached hydrogen (secondary N) is 1. The number of alkyl halides is 4. The van der Waals surface area contributed by atoms with Crippen LogP contribution in [0.5, 0.6) is 0 Å². The van der Waals surface area contributed by atoms with Crippen molar-refractivity contribution < 1.29 is 18.0 Å². The molecule has 3 nitrogen and oxygen atoms in total. The number of carbonyl (C=O) groups is 1. The van der Waals surface area contributed by atoms with Gasteiger partial charge >= 0.3 is 6.18 Å². The van der Waals surface area contributed by atoms with Crippen LogP contribution in [0.4, 0.5) is 18.9 Å². The minimum absolute atomic E-state index is 0.0491. The second kappa shape index (κ2) is 5.21. The molecule has 0 aliphatic carbocycles. The Bertz CT molecular complexity index is 541. The Hall–Kier alpha value is -1.55. The van der Waals surface area contributed by atoms with Crippen LogP contribution in [-0.4, -0.2) is 10.2 Å². The Morgan fingerprint density at radius 3 is 2.37 bits per heavy atom. The average molecular weight is 335 g/mol. The molecule has 1 rings (SSSR count). The maximum absolute atomic E-state index is 12.5. The number of amides is 1. The van der Waals surface area contributed by atoms with Crippen molar-refractivity contribution >= 4 is 27.5 Å². The number of anilines is 1. The monoisotopic (exact) mass is 334 g/mol. The highest BCUT2D eigenvalue weighted by Gasteiger charge is 2.31. The van der Waals surface area contributed by atoms with Gasteiger partial charge < -0.3 is 5.32 Å². The van der Waals surface area contributed by atoms with E-state index in [-0.39, 0.29) is 11.3 Å². The summed E-state index contributed by atoms with van der Waals surface area (Å²) in [5.74, 6) is -0.455. The van der Waals surface area contributed by atoms with Crippen LogP contribution >= 0.6 is 15.9 Å². The normalized spacial score (nSPS) is 11.8. The predicted molar refractivity (Wildman–Crippen MR) is 67.8 cm³/mol. The van der Waals surface area contributed by atoms with Crippen molar-refractivity contribution in [2.24, 2.45) is 0 Å². The summed E-state index contributed by atoms with van der Waals surface area (Å²) in [5.41, 5.74) is -1.12. The van der Waals surface area contributed by atoms with E-state index in [1.807, 2.05) is 0 Å². The van der Waals surface area contributed by atoms with Crippen LogP contribution in [0, 0.1) is 11.3 Å². The second-order valence-electron chi connectivity index (χ2n) is 4.30. The fourth-order valence-corrected chi connectivity index (χ4v) is 1.29. The molecule has 0 radical (unpaired) electrons. The van der Waals surface area contributed by atoms with Gasteiger partial charge in [0, 0.05) is 0 Å². The lowest BCUT2D eigenvalue weighted by Crippen LogP contribution is -2.31. The van der Waals surface area contributed by atoms with Gasteiger partial charge in [-0.15, -0.1) is 0 Å². The van der Waals surface area contributed by atoms with Crippen molar-refractivity contribution in [2.45, 2.75) is 24.3 Å². The van der Waals surface area contributed by atoms with E-state index in [4.69, 9.17) is 5.26 Å². The zero-order chi connectivity index (χ0) is 14.8. The highest BCUT2D eigenvalue weighted by Crippen LogP contribution is 2.32. The van der Waals surface area contributed by atoms with Crippen LogP contribution < -0.4 is 5.32 Å². The van der Waals surface area contributed by atoms with Gasteiger partial charge in [-0.05, 0) is 32.0 Å². The maximum Gasteiger partial charge on any atom is 0.416 e. The highest BCUT2D eigenvalue weighted by molar-refractivity contribution is 9.10. The predicted octanol–water partition coefficient (Wildman–Crippen LogP) is 3.69. The first-order valence-electron chi connectivity index (χ1n) is 5.17. The van der Waals surface area contributed by atoms with Crippen molar-refractivity contribution in [1.82, 2.24) is 0 Å². The number of hydrogen-bond acceptors (Lipinski definition) is 2. The molecule has 0 fully saturated rings. The maximum atomic E-state index is 12.5. The molecule has 7 heteroatoms. The highest BCUT2D eigenvalue weighted by atomic mass is 79.9. The summed E-state index contributed by atoms with van der Waals surface area (Å²) in [7, 11) is 0. The summed E-state index contributed by atoms with van der Waals surface area (Å²) < 4.78 is 36.6. The molecule has 0 saturated heterocycles. The van der Waals surface area contributed by atoms with Crippen LogP contribution in [0.15, 0.2) is 18.2 Å². The molecule has 0 heterocycles. The van der Waals surface area contributed by atoms with Crippen molar-refractivity contribution in [3.8, 4) is 6.07 Å². The number of hydrogen-bond donors (Lipinski definition) is 1. The van der Waals surface area contributed by atoms with Gasteiger partial charge in [0.25, 0.3) is 0 Å². The molecule has 0 spiro atoms.